The van der Waals surface area contributed by atoms with Crippen LogP contribution in [0.4, 0.5) is 11.4 Å². The number of nitrogens with zero attached hydrogens (tertiary/aromatic N) is 4. The highest BCUT2D eigenvalue weighted by molar-refractivity contribution is 6.00. The average molecular weight is 468 g/mol. The van der Waals surface area contributed by atoms with Crippen molar-refractivity contribution in [3.63, 3.8) is 0 Å². The second-order valence-corrected chi connectivity index (χ2v) is 8.55. The number of hydrogen-bond donors (Lipinski definition) is 2. The lowest BCUT2D eigenvalue weighted by Gasteiger charge is -2.22. The summed E-state index contributed by atoms with van der Waals surface area (Å²) in [7, 11) is 0. The van der Waals surface area contributed by atoms with Gasteiger partial charge in [0, 0.05) is 18.4 Å². The van der Waals surface area contributed by atoms with E-state index in [1.165, 1.54) is 6.20 Å². The summed E-state index contributed by atoms with van der Waals surface area (Å²) in [5, 5.41) is 27.1. The largest absolute Gasteiger partial charge is 0.457 e. The standard InChI is InChI=1S/C27H25N5O3/c1-18-24(27(34)31-13-5-6-21(31)17-33)16-32-26(18)25(19(14-28)15-29-32)30-20-9-11-23(12-10-20)35-22-7-3-2-4-8-22/h2-4,7-12,15-16,21,30,33H,5-6,13,17H2,1H3/t21-/m1/s1. The van der Waals surface area contributed by atoms with Crippen LogP contribution in [0.5, 0.6) is 11.5 Å². The zero-order valence-electron chi connectivity index (χ0n) is 19.3. The molecule has 8 heteroatoms. The van der Waals surface area contributed by atoms with Crippen LogP contribution in [0.25, 0.3) is 5.52 Å². The molecule has 0 spiro atoms. The van der Waals surface area contributed by atoms with Crippen LogP contribution < -0.4 is 10.1 Å². The third kappa shape index (κ3) is 4.29. The van der Waals surface area contributed by atoms with Crippen molar-refractivity contribution in [2.45, 2.75) is 25.8 Å². The molecule has 1 amide bonds. The second-order valence-electron chi connectivity index (χ2n) is 8.55. The number of anilines is 2. The van der Waals surface area contributed by atoms with E-state index >= 15 is 0 Å². The first kappa shape index (κ1) is 22.4. The van der Waals surface area contributed by atoms with E-state index in [-0.39, 0.29) is 18.6 Å². The fourth-order valence-corrected chi connectivity index (χ4v) is 4.54. The van der Waals surface area contributed by atoms with E-state index in [0.717, 1.165) is 29.8 Å². The fourth-order valence-electron chi connectivity index (χ4n) is 4.54. The zero-order chi connectivity index (χ0) is 24.4. The van der Waals surface area contributed by atoms with Gasteiger partial charge in [-0.1, -0.05) is 18.2 Å². The molecule has 0 saturated carbocycles. The molecule has 0 bridgehead atoms. The number of aliphatic hydroxyl groups is 1. The maximum atomic E-state index is 13.3. The molecule has 5 rings (SSSR count). The number of ether oxygens (including phenoxy) is 1. The Morgan fingerprint density at radius 1 is 1.20 bits per heavy atom. The zero-order valence-corrected chi connectivity index (χ0v) is 19.3. The third-order valence-corrected chi connectivity index (χ3v) is 6.36. The number of likely N-dealkylation sites (tertiary alicyclic amines) is 1. The molecule has 2 aromatic heterocycles. The average Bonchev–Trinajstić information content (AvgIpc) is 3.50. The number of aryl methyl sites for hydroxylation is 1. The highest BCUT2D eigenvalue weighted by Gasteiger charge is 2.31. The minimum Gasteiger partial charge on any atom is -0.457 e. The minimum absolute atomic E-state index is 0.0498. The first-order valence-corrected chi connectivity index (χ1v) is 11.5. The van der Waals surface area contributed by atoms with Crippen LogP contribution in [0.2, 0.25) is 0 Å². The van der Waals surface area contributed by atoms with E-state index in [9.17, 15) is 15.2 Å². The molecule has 8 nitrogen and oxygen atoms in total. The van der Waals surface area contributed by atoms with Gasteiger partial charge in [0.2, 0.25) is 0 Å². The number of aliphatic hydroxyl groups excluding tert-OH is 1. The monoisotopic (exact) mass is 467 g/mol. The molecule has 1 fully saturated rings. The molecule has 3 heterocycles. The maximum Gasteiger partial charge on any atom is 0.256 e. The van der Waals surface area contributed by atoms with E-state index in [4.69, 9.17) is 4.74 Å². The number of nitriles is 1. The summed E-state index contributed by atoms with van der Waals surface area (Å²) in [5.41, 5.74) is 3.63. The number of hydrogen-bond acceptors (Lipinski definition) is 6. The molecule has 0 radical (unpaired) electrons. The van der Waals surface area contributed by atoms with Gasteiger partial charge in [-0.2, -0.15) is 10.4 Å². The molecule has 0 unspecified atom stereocenters. The predicted octanol–water partition coefficient (Wildman–Crippen LogP) is 4.65. The SMILES string of the molecule is Cc1c(C(=O)N2CCC[C@@H]2CO)cn2ncc(C#N)c(Nc3ccc(Oc4ccccc4)cc3)c12. The molecule has 176 valence electrons. The van der Waals surface area contributed by atoms with Gasteiger partial charge in [-0.3, -0.25) is 4.79 Å². The quantitative estimate of drug-likeness (QED) is 0.428. The summed E-state index contributed by atoms with van der Waals surface area (Å²) in [5.74, 6) is 1.31. The van der Waals surface area contributed by atoms with Crippen LogP contribution in [0.3, 0.4) is 0 Å². The van der Waals surface area contributed by atoms with E-state index in [1.807, 2.05) is 61.5 Å². The third-order valence-electron chi connectivity index (χ3n) is 6.36. The summed E-state index contributed by atoms with van der Waals surface area (Å²) in [6, 6.07) is 19.0. The topological polar surface area (TPSA) is 103 Å². The first-order chi connectivity index (χ1) is 17.1. The number of fused-ring (bicyclic) bond motifs is 1. The molecule has 0 aliphatic carbocycles. The van der Waals surface area contributed by atoms with Crippen LogP contribution in [0.1, 0.15) is 34.3 Å². The van der Waals surface area contributed by atoms with Crippen LogP contribution in [0.15, 0.2) is 67.0 Å². The van der Waals surface area contributed by atoms with Gasteiger partial charge < -0.3 is 20.1 Å². The van der Waals surface area contributed by atoms with Crippen LogP contribution in [0, 0.1) is 18.3 Å². The molecule has 1 saturated heterocycles. The smallest absolute Gasteiger partial charge is 0.256 e. The highest BCUT2D eigenvalue weighted by Crippen LogP contribution is 2.32. The van der Waals surface area contributed by atoms with Crippen molar-refractivity contribution in [2.75, 3.05) is 18.5 Å². The van der Waals surface area contributed by atoms with Crippen LogP contribution in [-0.4, -0.2) is 44.7 Å². The molecule has 2 N–H and O–H groups in total. The Labute approximate surface area is 203 Å². The molecular formula is C27H25N5O3. The van der Waals surface area contributed by atoms with Gasteiger partial charge >= 0.3 is 0 Å². The lowest BCUT2D eigenvalue weighted by atomic mass is 10.1. The number of para-hydroxylation sites is 1. The number of benzene rings is 2. The van der Waals surface area contributed by atoms with Gasteiger partial charge in [0.1, 0.15) is 17.6 Å². The van der Waals surface area contributed by atoms with E-state index in [1.54, 1.807) is 15.6 Å². The maximum absolute atomic E-state index is 13.3. The van der Waals surface area contributed by atoms with Crippen molar-refractivity contribution in [1.82, 2.24) is 14.5 Å². The van der Waals surface area contributed by atoms with Crippen LogP contribution >= 0.6 is 0 Å². The lowest BCUT2D eigenvalue weighted by Crippen LogP contribution is -2.37. The summed E-state index contributed by atoms with van der Waals surface area (Å²) < 4.78 is 7.49. The second kappa shape index (κ2) is 9.49. The minimum atomic E-state index is -0.165. The molecule has 1 aliphatic heterocycles. The molecule has 2 aromatic carbocycles. The van der Waals surface area contributed by atoms with Gasteiger partial charge in [-0.25, -0.2) is 4.52 Å². The van der Waals surface area contributed by atoms with Crippen molar-refractivity contribution in [2.24, 2.45) is 0 Å². The van der Waals surface area contributed by atoms with Crippen molar-refractivity contribution >= 4 is 22.8 Å². The lowest BCUT2D eigenvalue weighted by molar-refractivity contribution is 0.0677. The summed E-state index contributed by atoms with van der Waals surface area (Å²) in [4.78, 5) is 15.0. The van der Waals surface area contributed by atoms with E-state index in [2.05, 4.69) is 16.5 Å². The fraction of sp³-hybridized carbons (Fsp3) is 0.222. The van der Waals surface area contributed by atoms with Crippen molar-refractivity contribution in [3.8, 4) is 17.6 Å². The Kier molecular flexibility index (Phi) is 6.08. The molecule has 35 heavy (non-hydrogen) atoms. The van der Waals surface area contributed by atoms with E-state index in [0.29, 0.717) is 34.6 Å². The summed E-state index contributed by atoms with van der Waals surface area (Å²) >= 11 is 0. The Bertz CT molecular complexity index is 1410. The van der Waals surface area contributed by atoms with Crippen molar-refractivity contribution in [3.05, 3.63) is 83.7 Å². The van der Waals surface area contributed by atoms with Gasteiger partial charge in [-0.05, 0) is 61.7 Å². The highest BCUT2D eigenvalue weighted by atomic mass is 16.5. The molecular weight excluding hydrogens is 442 g/mol. The summed E-state index contributed by atoms with van der Waals surface area (Å²) in [6.45, 7) is 2.43. The number of carbonyl (C=O) groups excluding carboxylic acids is 1. The van der Waals surface area contributed by atoms with Gasteiger partial charge in [0.15, 0.2) is 0 Å². The molecule has 4 aromatic rings. The number of nitrogens with one attached hydrogen (secondary N) is 1. The molecule has 1 aliphatic rings. The number of aromatic nitrogens is 2. The van der Waals surface area contributed by atoms with Crippen LogP contribution in [-0.2, 0) is 0 Å². The summed E-state index contributed by atoms with van der Waals surface area (Å²) in [6.07, 6.45) is 4.85. The Balaban J connectivity index is 1.47. The van der Waals surface area contributed by atoms with Gasteiger partial charge in [0.25, 0.3) is 5.91 Å². The van der Waals surface area contributed by atoms with E-state index < -0.39 is 0 Å². The predicted molar refractivity (Wildman–Crippen MR) is 132 cm³/mol. The van der Waals surface area contributed by atoms with Gasteiger partial charge in [-0.15, -0.1) is 0 Å². The van der Waals surface area contributed by atoms with Crippen molar-refractivity contribution < 1.29 is 14.6 Å². The number of carbonyl (C=O) groups is 1. The first-order valence-electron chi connectivity index (χ1n) is 11.5. The van der Waals surface area contributed by atoms with Gasteiger partial charge in [0.05, 0.1) is 41.2 Å². The molecule has 1 atom stereocenters. The Hall–Kier alpha value is -4.35. The van der Waals surface area contributed by atoms with Crippen molar-refractivity contribution in [1.29, 1.82) is 5.26 Å². The Morgan fingerprint density at radius 3 is 2.66 bits per heavy atom. The number of rotatable bonds is 6. The number of amides is 1. The Morgan fingerprint density at radius 2 is 1.94 bits per heavy atom. The normalized spacial score (nSPS) is 15.2.